The Morgan fingerprint density at radius 2 is 1.65 bits per heavy atom. The Hall–Kier alpha value is -0.0800. The predicted molar refractivity (Wildman–Crippen MR) is 76.5 cm³/mol. The Balaban J connectivity index is 2.47. The Labute approximate surface area is 108 Å². The molecule has 0 aromatic rings. The van der Waals surface area contributed by atoms with Crippen LogP contribution in [-0.4, -0.2) is 36.6 Å². The van der Waals surface area contributed by atoms with Gasteiger partial charge in [0.25, 0.3) is 0 Å². The summed E-state index contributed by atoms with van der Waals surface area (Å²) < 4.78 is 0. The highest BCUT2D eigenvalue weighted by molar-refractivity contribution is 4.90. The Kier molecular flexibility index (Phi) is 7.87. The Morgan fingerprint density at radius 3 is 2.18 bits per heavy atom. The second-order valence-electron chi connectivity index (χ2n) is 5.41. The van der Waals surface area contributed by atoms with Crippen LogP contribution in [0, 0.1) is 0 Å². The largest absolute Gasteiger partial charge is 0.313 e. The van der Waals surface area contributed by atoms with Crippen LogP contribution in [0.1, 0.15) is 65.7 Å². The molecule has 1 fully saturated rings. The van der Waals surface area contributed by atoms with Crippen molar-refractivity contribution in [3.05, 3.63) is 0 Å². The minimum absolute atomic E-state index is 0.758. The Morgan fingerprint density at radius 1 is 1.00 bits per heavy atom. The average Bonchev–Trinajstić information content (AvgIpc) is 2.78. The van der Waals surface area contributed by atoms with Crippen LogP contribution >= 0.6 is 0 Å². The van der Waals surface area contributed by atoms with Crippen molar-refractivity contribution in [1.29, 1.82) is 0 Å². The quantitative estimate of drug-likeness (QED) is 0.664. The number of hydrogen-bond acceptors (Lipinski definition) is 2. The summed E-state index contributed by atoms with van der Waals surface area (Å²) in [6.07, 6.45) is 9.57. The fourth-order valence-electron chi connectivity index (χ4n) is 3.04. The van der Waals surface area contributed by atoms with E-state index in [0.717, 1.165) is 18.6 Å². The van der Waals surface area contributed by atoms with E-state index in [0.29, 0.717) is 0 Å². The van der Waals surface area contributed by atoms with Crippen LogP contribution in [0.2, 0.25) is 0 Å². The number of nitrogens with zero attached hydrogens (tertiary/aromatic N) is 1. The third kappa shape index (κ3) is 4.97. The number of nitrogens with one attached hydrogen (secondary N) is 1. The summed E-state index contributed by atoms with van der Waals surface area (Å²) in [6, 6.07) is 1.57. The van der Waals surface area contributed by atoms with Crippen molar-refractivity contribution in [3.63, 3.8) is 0 Å². The molecule has 2 heteroatoms. The first-order valence-electron chi connectivity index (χ1n) is 7.80. The lowest BCUT2D eigenvalue weighted by Gasteiger charge is -2.33. The zero-order valence-corrected chi connectivity index (χ0v) is 12.2. The minimum Gasteiger partial charge on any atom is -0.313 e. The molecule has 2 unspecified atom stereocenters. The lowest BCUT2D eigenvalue weighted by atomic mass is 10.1. The molecule has 2 nitrogen and oxygen atoms in total. The molecule has 0 radical (unpaired) electrons. The van der Waals surface area contributed by atoms with E-state index in [4.69, 9.17) is 0 Å². The smallest absolute Gasteiger partial charge is 0.0249 e. The van der Waals surface area contributed by atoms with E-state index in [-0.39, 0.29) is 0 Å². The maximum atomic E-state index is 3.69. The summed E-state index contributed by atoms with van der Waals surface area (Å²) in [5.41, 5.74) is 0. The van der Waals surface area contributed by atoms with Gasteiger partial charge >= 0.3 is 0 Å². The molecule has 0 saturated heterocycles. The van der Waals surface area contributed by atoms with Crippen molar-refractivity contribution in [2.45, 2.75) is 77.8 Å². The maximum Gasteiger partial charge on any atom is 0.0249 e. The van der Waals surface area contributed by atoms with Crippen LogP contribution in [-0.2, 0) is 0 Å². The molecule has 0 amide bonds. The van der Waals surface area contributed by atoms with Crippen molar-refractivity contribution in [2.24, 2.45) is 0 Å². The first-order chi connectivity index (χ1) is 8.33. The second-order valence-corrected chi connectivity index (χ2v) is 5.41. The molecular formula is C15H32N2. The fourth-order valence-corrected chi connectivity index (χ4v) is 3.04. The highest BCUT2D eigenvalue weighted by Crippen LogP contribution is 2.25. The van der Waals surface area contributed by atoms with Gasteiger partial charge in [0.15, 0.2) is 0 Å². The number of likely N-dealkylation sites (N-methyl/N-ethyl adjacent to an activating group) is 1. The fraction of sp³-hybridized carbons (Fsp3) is 1.00. The summed E-state index contributed by atoms with van der Waals surface area (Å²) in [4.78, 5) is 2.77. The molecule has 1 N–H and O–H groups in total. The molecule has 0 aliphatic heterocycles. The molecule has 0 heterocycles. The molecule has 1 saturated carbocycles. The van der Waals surface area contributed by atoms with Gasteiger partial charge in [0.2, 0.25) is 0 Å². The van der Waals surface area contributed by atoms with Gasteiger partial charge in [-0.25, -0.2) is 0 Å². The summed E-state index contributed by atoms with van der Waals surface area (Å²) in [5, 5.41) is 3.69. The van der Waals surface area contributed by atoms with E-state index in [9.17, 15) is 0 Å². The highest BCUT2D eigenvalue weighted by Gasteiger charge is 2.30. The topological polar surface area (TPSA) is 15.3 Å². The van der Waals surface area contributed by atoms with Gasteiger partial charge in [0, 0.05) is 12.1 Å². The molecule has 2 atom stereocenters. The van der Waals surface area contributed by atoms with Crippen molar-refractivity contribution in [3.8, 4) is 0 Å². The van der Waals surface area contributed by atoms with E-state index < -0.39 is 0 Å². The summed E-state index contributed by atoms with van der Waals surface area (Å²) in [5.74, 6) is 0. The van der Waals surface area contributed by atoms with Gasteiger partial charge in [-0.15, -0.1) is 0 Å². The Bertz CT molecular complexity index is 174. The molecule has 1 rings (SSSR count). The van der Waals surface area contributed by atoms with Crippen molar-refractivity contribution < 1.29 is 0 Å². The van der Waals surface area contributed by atoms with Gasteiger partial charge < -0.3 is 5.32 Å². The lowest BCUT2D eigenvalue weighted by Crippen LogP contribution is -2.47. The van der Waals surface area contributed by atoms with Crippen molar-refractivity contribution in [1.82, 2.24) is 10.2 Å². The molecule has 17 heavy (non-hydrogen) atoms. The summed E-state index contributed by atoms with van der Waals surface area (Å²) in [7, 11) is 0. The van der Waals surface area contributed by atoms with E-state index in [2.05, 4.69) is 31.0 Å². The maximum absolute atomic E-state index is 3.69. The first kappa shape index (κ1) is 15.0. The van der Waals surface area contributed by atoms with Gasteiger partial charge in [-0.05, 0) is 45.3 Å². The normalized spacial score (nSPS) is 24.7. The number of unbranched alkanes of at least 4 members (excludes halogenated alkanes) is 2. The second kappa shape index (κ2) is 8.93. The van der Waals surface area contributed by atoms with Crippen LogP contribution in [0.5, 0.6) is 0 Å². The van der Waals surface area contributed by atoms with Crippen LogP contribution < -0.4 is 5.32 Å². The van der Waals surface area contributed by atoms with Gasteiger partial charge in [-0.1, -0.05) is 40.0 Å². The highest BCUT2D eigenvalue weighted by atomic mass is 15.2. The minimum atomic E-state index is 0.758. The molecule has 1 aliphatic carbocycles. The molecule has 1 aliphatic rings. The van der Waals surface area contributed by atoms with Crippen LogP contribution in [0.4, 0.5) is 0 Å². The van der Waals surface area contributed by atoms with E-state index in [1.807, 2.05) is 0 Å². The van der Waals surface area contributed by atoms with Crippen molar-refractivity contribution >= 4 is 0 Å². The summed E-state index contributed by atoms with van der Waals surface area (Å²) >= 11 is 0. The van der Waals surface area contributed by atoms with Crippen LogP contribution in [0.25, 0.3) is 0 Å². The van der Waals surface area contributed by atoms with Crippen LogP contribution in [0.15, 0.2) is 0 Å². The molecular weight excluding hydrogens is 208 g/mol. The monoisotopic (exact) mass is 240 g/mol. The SMILES string of the molecule is CCCCN(CCCC)C1CCCC1NCC. The van der Waals surface area contributed by atoms with Crippen LogP contribution in [0.3, 0.4) is 0 Å². The van der Waals surface area contributed by atoms with E-state index in [1.165, 1.54) is 58.0 Å². The molecule has 0 bridgehead atoms. The predicted octanol–water partition coefficient (Wildman–Crippen LogP) is 3.42. The third-order valence-electron chi connectivity index (χ3n) is 4.01. The average molecular weight is 240 g/mol. The van der Waals surface area contributed by atoms with E-state index >= 15 is 0 Å². The zero-order valence-electron chi connectivity index (χ0n) is 12.2. The number of hydrogen-bond donors (Lipinski definition) is 1. The summed E-state index contributed by atoms with van der Waals surface area (Å²) in [6.45, 7) is 10.6. The molecule has 0 aromatic heterocycles. The first-order valence-corrected chi connectivity index (χ1v) is 7.80. The van der Waals surface area contributed by atoms with E-state index in [1.54, 1.807) is 0 Å². The van der Waals surface area contributed by atoms with Gasteiger partial charge in [0.05, 0.1) is 0 Å². The molecule has 0 aromatic carbocycles. The molecule has 102 valence electrons. The molecule has 0 spiro atoms. The number of rotatable bonds is 9. The van der Waals surface area contributed by atoms with Gasteiger partial charge in [-0.3, -0.25) is 4.90 Å². The van der Waals surface area contributed by atoms with Crippen molar-refractivity contribution in [2.75, 3.05) is 19.6 Å². The third-order valence-corrected chi connectivity index (χ3v) is 4.01. The van der Waals surface area contributed by atoms with Gasteiger partial charge in [0.1, 0.15) is 0 Å². The standard InChI is InChI=1S/C15H32N2/c1-4-7-12-17(13-8-5-2)15-11-9-10-14(15)16-6-3/h14-16H,4-13H2,1-3H3. The van der Waals surface area contributed by atoms with Gasteiger partial charge in [-0.2, -0.15) is 0 Å². The lowest BCUT2D eigenvalue weighted by molar-refractivity contribution is 0.168. The zero-order chi connectivity index (χ0) is 12.5.